The first-order valence-corrected chi connectivity index (χ1v) is 12.3. The van der Waals surface area contributed by atoms with Crippen LogP contribution in [0.25, 0.3) is 0 Å². The van der Waals surface area contributed by atoms with Crippen LogP contribution in [-0.2, 0) is 9.47 Å². The molecule has 0 bridgehead atoms. The molecule has 1 heterocycles. The Morgan fingerprint density at radius 3 is 2.54 bits per heavy atom. The molecule has 1 aliphatic carbocycles. The number of allylic oxidation sites excluding steroid dienone is 3. The molecule has 35 heavy (non-hydrogen) atoms. The van der Waals surface area contributed by atoms with Crippen molar-refractivity contribution in [3.05, 3.63) is 77.4 Å². The van der Waals surface area contributed by atoms with Gasteiger partial charge in [0.1, 0.15) is 18.6 Å². The molecule has 2 aliphatic rings. The van der Waals surface area contributed by atoms with Crippen molar-refractivity contribution in [3.8, 4) is 5.75 Å². The van der Waals surface area contributed by atoms with Crippen molar-refractivity contribution in [2.45, 2.75) is 52.0 Å². The van der Waals surface area contributed by atoms with Crippen LogP contribution in [0.3, 0.4) is 0 Å². The average molecular weight is 486 g/mol. The minimum absolute atomic E-state index is 0.150. The smallest absolute Gasteiger partial charge is 0.125 e. The van der Waals surface area contributed by atoms with Gasteiger partial charge in [-0.25, -0.2) is 0 Å². The van der Waals surface area contributed by atoms with Gasteiger partial charge in [0, 0.05) is 36.3 Å². The Bertz CT molecular complexity index is 949. The Morgan fingerprint density at radius 1 is 1.20 bits per heavy atom. The van der Waals surface area contributed by atoms with Gasteiger partial charge in [-0.3, -0.25) is 0 Å². The molecule has 4 unspecified atom stereocenters. The molecule has 1 aromatic rings. The molecule has 0 amide bonds. The van der Waals surface area contributed by atoms with E-state index >= 15 is 0 Å². The van der Waals surface area contributed by atoms with E-state index < -0.39 is 18.4 Å². The number of ether oxygens (including phenoxy) is 3. The summed E-state index contributed by atoms with van der Waals surface area (Å²) in [6.07, 6.45) is 8.88. The Balaban J connectivity index is 2.04. The van der Waals surface area contributed by atoms with Crippen LogP contribution in [0.5, 0.6) is 5.75 Å². The van der Waals surface area contributed by atoms with Crippen LogP contribution >= 0.6 is 0 Å². The van der Waals surface area contributed by atoms with E-state index in [4.69, 9.17) is 14.2 Å². The van der Waals surface area contributed by atoms with Crippen molar-refractivity contribution in [2.24, 2.45) is 11.8 Å². The van der Waals surface area contributed by atoms with Gasteiger partial charge in [0.15, 0.2) is 0 Å². The zero-order valence-electron chi connectivity index (χ0n) is 21.1. The molecule has 0 saturated carbocycles. The van der Waals surface area contributed by atoms with E-state index in [-0.39, 0.29) is 11.8 Å². The number of aliphatic hydroxyl groups is 3. The van der Waals surface area contributed by atoms with E-state index in [9.17, 15) is 15.3 Å². The first kappa shape index (κ1) is 26.9. The van der Waals surface area contributed by atoms with Crippen molar-refractivity contribution in [2.75, 3.05) is 26.9 Å². The maximum Gasteiger partial charge on any atom is 0.125 e. The van der Waals surface area contributed by atoms with Gasteiger partial charge in [-0.15, -0.1) is 0 Å². The molecule has 0 aromatic heterocycles. The van der Waals surface area contributed by atoms with Gasteiger partial charge in [0.25, 0.3) is 0 Å². The molecule has 7 heteroatoms. The molecular weight excluding hydrogens is 446 g/mol. The lowest BCUT2D eigenvalue weighted by Gasteiger charge is -2.41. The summed E-state index contributed by atoms with van der Waals surface area (Å²) in [5, 5.41) is 32.4. The Hall–Kier alpha value is -2.74. The number of para-hydroxylation sites is 1. The van der Waals surface area contributed by atoms with E-state index in [1.165, 1.54) is 5.57 Å². The summed E-state index contributed by atoms with van der Waals surface area (Å²) in [4.78, 5) is 1.82. The van der Waals surface area contributed by atoms with Crippen LogP contribution < -0.4 is 4.74 Å². The summed E-state index contributed by atoms with van der Waals surface area (Å²) in [7, 11) is 1.61. The monoisotopic (exact) mass is 485 g/mol. The topological polar surface area (TPSA) is 91.6 Å². The summed E-state index contributed by atoms with van der Waals surface area (Å²) in [5.41, 5.74) is 3.18. The Morgan fingerprint density at radius 2 is 1.97 bits per heavy atom. The highest BCUT2D eigenvalue weighted by Crippen LogP contribution is 2.42. The molecule has 0 fully saturated rings. The molecule has 4 atom stereocenters. The van der Waals surface area contributed by atoms with E-state index in [0.717, 1.165) is 37.0 Å². The molecule has 0 radical (unpaired) electrons. The van der Waals surface area contributed by atoms with Crippen LogP contribution in [0.15, 0.2) is 71.9 Å². The van der Waals surface area contributed by atoms with Crippen LogP contribution in [-0.4, -0.2) is 59.5 Å². The van der Waals surface area contributed by atoms with Gasteiger partial charge >= 0.3 is 0 Å². The Labute approximate surface area is 208 Å². The lowest BCUT2D eigenvalue weighted by Crippen LogP contribution is -2.40. The number of aliphatic hydroxyl groups excluding tert-OH is 3. The quantitative estimate of drug-likeness (QED) is 0.226. The number of methoxy groups -OCH3 is 1. The normalized spacial score (nSPS) is 20.7. The fourth-order valence-electron chi connectivity index (χ4n) is 4.59. The van der Waals surface area contributed by atoms with Crippen molar-refractivity contribution >= 4 is 0 Å². The fraction of sp³-hybridized carbons (Fsp3) is 0.500. The van der Waals surface area contributed by atoms with E-state index in [1.54, 1.807) is 14.0 Å². The zero-order chi connectivity index (χ0) is 25.4. The highest BCUT2D eigenvalue weighted by Gasteiger charge is 2.35. The maximum atomic E-state index is 11.1. The van der Waals surface area contributed by atoms with E-state index in [1.807, 2.05) is 55.4 Å². The minimum atomic E-state index is -0.931. The first-order chi connectivity index (χ1) is 16.9. The fourth-order valence-corrected chi connectivity index (χ4v) is 4.59. The lowest BCUT2D eigenvalue weighted by atomic mass is 9.86. The van der Waals surface area contributed by atoms with E-state index in [0.29, 0.717) is 24.5 Å². The standard InChI is InChI=1S/C28H39NO6/c1-19(2)28(32)25(17-30)27(24-7-5-6-8-26(24)35-16-15-33-4)29(20(3)31)23-11-9-21(10-12-23)22-13-14-34-18-22/h5-9,11-12,17-21,27-28,30-32H,10,13-16H2,1-4H3/b25-17-. The molecule has 3 N–H and O–H groups in total. The molecule has 7 nitrogen and oxygen atoms in total. The largest absolute Gasteiger partial charge is 0.515 e. The molecular formula is C28H39NO6. The first-order valence-electron chi connectivity index (χ1n) is 12.3. The Kier molecular flexibility index (Phi) is 9.83. The predicted molar refractivity (Wildman–Crippen MR) is 136 cm³/mol. The SMILES string of the molecule is COCCOc1ccccc1C(/C(=C/O)C(O)C(C)C)N(C1=CCC(C2=COCC2)C=C1)C(C)O. The second kappa shape index (κ2) is 12.8. The second-order valence-corrected chi connectivity index (χ2v) is 9.28. The summed E-state index contributed by atoms with van der Waals surface area (Å²) < 4.78 is 16.6. The minimum Gasteiger partial charge on any atom is -0.515 e. The highest BCUT2D eigenvalue weighted by atomic mass is 16.5. The van der Waals surface area contributed by atoms with Crippen LogP contribution in [0.1, 0.15) is 45.2 Å². The highest BCUT2D eigenvalue weighted by molar-refractivity contribution is 5.43. The van der Waals surface area contributed by atoms with Gasteiger partial charge in [-0.1, -0.05) is 44.2 Å². The third-order valence-electron chi connectivity index (χ3n) is 6.48. The third-order valence-corrected chi connectivity index (χ3v) is 6.48. The van der Waals surface area contributed by atoms with Gasteiger partial charge in [0.05, 0.1) is 37.9 Å². The number of hydrogen-bond acceptors (Lipinski definition) is 7. The average Bonchev–Trinajstić information content (AvgIpc) is 3.39. The molecule has 0 spiro atoms. The number of benzene rings is 1. The summed E-state index contributed by atoms with van der Waals surface area (Å²) >= 11 is 0. The van der Waals surface area contributed by atoms with Crippen molar-refractivity contribution in [1.29, 1.82) is 0 Å². The van der Waals surface area contributed by atoms with Crippen LogP contribution in [0.2, 0.25) is 0 Å². The van der Waals surface area contributed by atoms with Gasteiger partial charge < -0.3 is 34.4 Å². The summed E-state index contributed by atoms with van der Waals surface area (Å²) in [6, 6.07) is 6.84. The number of hydrogen-bond donors (Lipinski definition) is 3. The maximum absolute atomic E-state index is 11.1. The molecule has 192 valence electrons. The van der Waals surface area contributed by atoms with Crippen molar-refractivity contribution in [1.82, 2.24) is 4.90 Å². The van der Waals surface area contributed by atoms with Gasteiger partial charge in [-0.05, 0) is 37.0 Å². The molecule has 3 rings (SSSR count). The number of rotatable bonds is 12. The molecule has 1 aromatic carbocycles. The van der Waals surface area contributed by atoms with Gasteiger partial charge in [0.2, 0.25) is 0 Å². The summed E-state index contributed by atoms with van der Waals surface area (Å²) in [5.74, 6) is 0.708. The van der Waals surface area contributed by atoms with Crippen molar-refractivity contribution in [3.63, 3.8) is 0 Å². The predicted octanol–water partition coefficient (Wildman–Crippen LogP) is 4.62. The zero-order valence-corrected chi connectivity index (χ0v) is 21.1. The van der Waals surface area contributed by atoms with Crippen LogP contribution in [0.4, 0.5) is 0 Å². The lowest BCUT2D eigenvalue weighted by molar-refractivity contribution is 0.0153. The summed E-state index contributed by atoms with van der Waals surface area (Å²) in [6.45, 7) is 6.95. The third kappa shape index (κ3) is 6.48. The molecule has 0 saturated heterocycles. The van der Waals surface area contributed by atoms with Gasteiger partial charge in [-0.2, -0.15) is 0 Å². The molecule has 1 aliphatic heterocycles. The number of nitrogens with zero attached hydrogens (tertiary/aromatic N) is 1. The van der Waals surface area contributed by atoms with Crippen molar-refractivity contribution < 1.29 is 29.5 Å². The second-order valence-electron chi connectivity index (χ2n) is 9.28. The van der Waals surface area contributed by atoms with E-state index in [2.05, 4.69) is 12.2 Å². The van der Waals surface area contributed by atoms with Crippen LogP contribution in [0, 0.1) is 11.8 Å².